The molecule has 26 heavy (non-hydrogen) atoms. The van der Waals surface area contributed by atoms with Crippen LogP contribution in [0.25, 0.3) is 0 Å². The van der Waals surface area contributed by atoms with Crippen molar-refractivity contribution < 1.29 is 9.53 Å². The highest BCUT2D eigenvalue weighted by atomic mass is 35.5. The van der Waals surface area contributed by atoms with Crippen LogP contribution >= 0.6 is 23.8 Å². The molecule has 2 aromatic rings. The van der Waals surface area contributed by atoms with Crippen LogP contribution < -0.4 is 10.9 Å². The molecule has 1 atom stereocenters. The highest BCUT2D eigenvalue weighted by molar-refractivity contribution is 7.71. The molecule has 1 aromatic heterocycles. The van der Waals surface area contributed by atoms with Gasteiger partial charge in [0.05, 0.1) is 23.2 Å². The number of aromatic nitrogens is 2. The lowest BCUT2D eigenvalue weighted by molar-refractivity contribution is -0.143. The molecular weight excluding hydrogens is 374 g/mol. The van der Waals surface area contributed by atoms with Crippen molar-refractivity contribution in [3.05, 3.63) is 66.8 Å². The van der Waals surface area contributed by atoms with Crippen LogP contribution in [0.1, 0.15) is 37.8 Å². The van der Waals surface area contributed by atoms with E-state index in [1.54, 1.807) is 39.0 Å². The Morgan fingerprint density at radius 1 is 1.27 bits per heavy atom. The van der Waals surface area contributed by atoms with Gasteiger partial charge < -0.3 is 15.0 Å². The summed E-state index contributed by atoms with van der Waals surface area (Å²) in [6.45, 7) is 5.29. The van der Waals surface area contributed by atoms with Gasteiger partial charge in [0.25, 0.3) is 5.56 Å². The second-order valence-corrected chi connectivity index (χ2v) is 7.08. The number of nitrogens with one attached hydrogen (secondary N) is 3. The molecule has 0 bridgehead atoms. The Bertz CT molecular complexity index is 1020. The van der Waals surface area contributed by atoms with Crippen LogP contribution in [0, 0.1) is 4.77 Å². The molecule has 0 spiro atoms. The number of benzene rings is 1. The molecule has 0 fully saturated rings. The molecule has 3 rings (SSSR count). The fraction of sp³-hybridized carbons (Fsp3) is 0.278. The van der Waals surface area contributed by atoms with E-state index in [0.29, 0.717) is 33.2 Å². The van der Waals surface area contributed by atoms with E-state index in [-0.39, 0.29) is 16.4 Å². The molecule has 0 saturated heterocycles. The number of fused-ring (bicyclic) bond motifs is 1. The summed E-state index contributed by atoms with van der Waals surface area (Å²) in [5.41, 5.74) is 1.51. The summed E-state index contributed by atoms with van der Waals surface area (Å²) in [5.74, 6) is -0.730. The second kappa shape index (κ2) is 7.09. The predicted octanol–water partition coefficient (Wildman–Crippen LogP) is 3.87. The minimum Gasteiger partial charge on any atom is -0.460 e. The Morgan fingerprint density at radius 2 is 1.96 bits per heavy atom. The van der Waals surface area contributed by atoms with Crippen LogP contribution in [-0.4, -0.2) is 22.0 Å². The summed E-state index contributed by atoms with van der Waals surface area (Å²) < 4.78 is 5.60. The average molecular weight is 392 g/mol. The number of hydrogen-bond donors (Lipinski definition) is 3. The van der Waals surface area contributed by atoms with Crippen molar-refractivity contribution in [1.82, 2.24) is 9.97 Å². The maximum absolute atomic E-state index is 12.8. The van der Waals surface area contributed by atoms with Gasteiger partial charge in [-0.1, -0.05) is 29.8 Å². The lowest BCUT2D eigenvalue weighted by Crippen LogP contribution is -2.31. The topological polar surface area (TPSA) is 87.0 Å². The number of carbonyl (C=O) groups excluding carboxylic acids is 1. The molecule has 3 N–H and O–H groups in total. The number of carbonyl (C=O) groups is 1. The van der Waals surface area contributed by atoms with Crippen LogP contribution in [0.3, 0.4) is 0 Å². The number of ether oxygens (including phenoxy) is 1. The molecule has 1 aromatic carbocycles. The molecule has 136 valence electrons. The number of esters is 1. The molecule has 8 heteroatoms. The van der Waals surface area contributed by atoms with E-state index in [2.05, 4.69) is 15.3 Å². The zero-order chi connectivity index (χ0) is 19.0. The zero-order valence-electron chi connectivity index (χ0n) is 14.5. The largest absolute Gasteiger partial charge is 0.460 e. The minimum absolute atomic E-state index is 0.195. The third-order valence-corrected chi connectivity index (χ3v) is 4.60. The van der Waals surface area contributed by atoms with Crippen molar-refractivity contribution in [2.24, 2.45) is 0 Å². The Morgan fingerprint density at radius 3 is 2.62 bits per heavy atom. The second-order valence-electron chi connectivity index (χ2n) is 6.27. The van der Waals surface area contributed by atoms with Crippen molar-refractivity contribution in [2.75, 3.05) is 5.32 Å². The van der Waals surface area contributed by atoms with Crippen LogP contribution in [0.2, 0.25) is 5.02 Å². The van der Waals surface area contributed by atoms with Gasteiger partial charge in [0, 0.05) is 10.7 Å². The maximum atomic E-state index is 12.8. The van der Waals surface area contributed by atoms with E-state index in [1.165, 1.54) is 0 Å². The normalized spacial score (nSPS) is 16.3. The van der Waals surface area contributed by atoms with Gasteiger partial charge in [-0.3, -0.25) is 9.78 Å². The van der Waals surface area contributed by atoms with Crippen molar-refractivity contribution in [1.29, 1.82) is 0 Å². The summed E-state index contributed by atoms with van der Waals surface area (Å²) >= 11 is 11.5. The van der Waals surface area contributed by atoms with Crippen LogP contribution in [-0.2, 0) is 9.53 Å². The molecule has 0 saturated carbocycles. The van der Waals surface area contributed by atoms with Gasteiger partial charge in [0.15, 0.2) is 4.77 Å². The first-order valence-electron chi connectivity index (χ1n) is 8.09. The van der Waals surface area contributed by atoms with Crippen molar-refractivity contribution in [3.8, 4) is 0 Å². The molecule has 6 nitrogen and oxygen atoms in total. The van der Waals surface area contributed by atoms with Crippen LogP contribution in [0.4, 0.5) is 5.82 Å². The molecule has 1 unspecified atom stereocenters. The van der Waals surface area contributed by atoms with Gasteiger partial charge in [-0.25, -0.2) is 4.79 Å². The van der Waals surface area contributed by atoms with E-state index in [9.17, 15) is 9.59 Å². The molecular formula is C18H18ClN3O3S. The van der Waals surface area contributed by atoms with E-state index >= 15 is 0 Å². The fourth-order valence-corrected chi connectivity index (χ4v) is 3.49. The van der Waals surface area contributed by atoms with Gasteiger partial charge in [-0.15, -0.1) is 0 Å². The Labute approximate surface area is 160 Å². The Hall–Kier alpha value is -2.38. The Kier molecular flexibility index (Phi) is 5.02. The third-order valence-electron chi connectivity index (χ3n) is 4.05. The minimum atomic E-state index is -0.679. The summed E-state index contributed by atoms with van der Waals surface area (Å²) in [7, 11) is 0. The van der Waals surface area contributed by atoms with E-state index in [1.807, 2.05) is 6.07 Å². The van der Waals surface area contributed by atoms with Gasteiger partial charge in [-0.05, 0) is 44.6 Å². The zero-order valence-corrected chi connectivity index (χ0v) is 16.0. The van der Waals surface area contributed by atoms with E-state index < -0.39 is 11.9 Å². The number of halogens is 1. The third kappa shape index (κ3) is 3.32. The molecule has 2 heterocycles. The van der Waals surface area contributed by atoms with Crippen LogP contribution in [0.15, 0.2) is 40.3 Å². The van der Waals surface area contributed by atoms with Gasteiger partial charge in [0.2, 0.25) is 0 Å². The average Bonchev–Trinajstić information content (AvgIpc) is 2.52. The number of aromatic amines is 2. The quantitative estimate of drug-likeness (QED) is 0.546. The number of anilines is 1. The fourth-order valence-electron chi connectivity index (χ4n) is 3.05. The molecule has 0 radical (unpaired) electrons. The lowest BCUT2D eigenvalue weighted by Gasteiger charge is -2.29. The standard InChI is InChI=1S/C18H18ClN3O3S/c1-8(2)25-17(24)12-9(3)20-15-14(16(23)22-18(26)21-15)13(12)10-6-4-5-7-11(10)19/h4-8,13H,1-3H3,(H3,20,21,22,23,26). The number of hydrogen-bond acceptors (Lipinski definition) is 5. The first-order valence-corrected chi connectivity index (χ1v) is 8.88. The summed E-state index contributed by atoms with van der Waals surface area (Å²) in [6.07, 6.45) is -0.295. The first-order chi connectivity index (χ1) is 12.3. The summed E-state index contributed by atoms with van der Waals surface area (Å²) in [6, 6.07) is 7.11. The molecule has 0 aliphatic carbocycles. The molecule has 1 aliphatic rings. The first kappa shape index (κ1) is 18.4. The number of H-pyrrole nitrogens is 2. The highest BCUT2D eigenvalue weighted by Crippen LogP contribution is 2.41. The Balaban J connectivity index is 2.30. The predicted molar refractivity (Wildman–Crippen MR) is 103 cm³/mol. The van der Waals surface area contributed by atoms with Gasteiger partial charge in [-0.2, -0.15) is 0 Å². The molecule has 1 aliphatic heterocycles. The SMILES string of the molecule is CC1=C(C(=O)OC(C)C)C(c2ccccc2Cl)c2c([nH]c(=S)[nH]c2=O)N1. The molecule has 0 amide bonds. The number of allylic oxidation sites excluding steroid dienone is 1. The van der Waals surface area contributed by atoms with Crippen molar-refractivity contribution in [3.63, 3.8) is 0 Å². The summed E-state index contributed by atoms with van der Waals surface area (Å²) in [4.78, 5) is 31.0. The summed E-state index contributed by atoms with van der Waals surface area (Å²) in [5, 5.41) is 3.51. The van der Waals surface area contributed by atoms with Gasteiger partial charge in [0.1, 0.15) is 5.82 Å². The van der Waals surface area contributed by atoms with E-state index in [4.69, 9.17) is 28.6 Å². The van der Waals surface area contributed by atoms with Crippen molar-refractivity contribution in [2.45, 2.75) is 32.8 Å². The van der Waals surface area contributed by atoms with E-state index in [0.717, 1.165) is 0 Å². The number of rotatable bonds is 3. The lowest BCUT2D eigenvalue weighted by atomic mass is 9.82. The van der Waals surface area contributed by atoms with Crippen LogP contribution in [0.5, 0.6) is 0 Å². The highest BCUT2D eigenvalue weighted by Gasteiger charge is 2.37. The smallest absolute Gasteiger partial charge is 0.337 e. The van der Waals surface area contributed by atoms with Crippen molar-refractivity contribution >= 4 is 35.6 Å². The monoisotopic (exact) mass is 391 g/mol. The maximum Gasteiger partial charge on any atom is 0.337 e. The van der Waals surface area contributed by atoms with Gasteiger partial charge >= 0.3 is 5.97 Å².